The molecule has 422 valence electrons. The van der Waals surface area contributed by atoms with Crippen molar-refractivity contribution in [2.45, 2.75) is 238 Å². The van der Waals surface area contributed by atoms with Crippen molar-refractivity contribution in [1.29, 1.82) is 0 Å². The standard InChI is InChI=1S/C62H103O11P/c1-4-7-10-13-16-19-22-24-26-28-29-31-32-34-37-39-42-45-48-51-60(64)69-55-59(73-62(66)53-50-47-44-41-38-35-33-30-27-25-23-20-17-14-11-8-5-2)57-71-74(67,68)70-56-58(54-63)72-61(65)52-49-46-43-40-36-21-18-15-12-9-6-3/h8,11,15-20,24-27,29,31,33,35,41,44,58-59,63H,4-7,9-10,12-14,21-23,28,30,32,34,36-40,42-43,45-57H2,1-3H3,(H,67,68)/b11-8-,18-15-,19-16-,20-17-,26-24-,27-25-,31-29-,35-33-,44-41-. The fourth-order valence-corrected chi connectivity index (χ4v) is 8.04. The van der Waals surface area contributed by atoms with Gasteiger partial charge in [-0.2, -0.15) is 0 Å². The molecule has 0 bridgehead atoms. The summed E-state index contributed by atoms with van der Waals surface area (Å²) >= 11 is 0. The fourth-order valence-electron chi connectivity index (χ4n) is 7.26. The maximum absolute atomic E-state index is 12.9. The number of rotatable bonds is 52. The molecule has 0 aliphatic rings. The first kappa shape index (κ1) is 70.1. The van der Waals surface area contributed by atoms with E-state index < -0.39 is 57.8 Å². The SMILES string of the molecule is CC/C=C\C/C=C\C/C=C\C/C=C\C/C=C\CCCC(=O)OC(COC(=O)CCCCCCCC/C=C\C/C=C\C/C=C\CCCCC)COP(=O)(O)OCC(CO)OC(=O)CCCCCCC/C=C\CCCC. The van der Waals surface area contributed by atoms with Gasteiger partial charge in [0.25, 0.3) is 0 Å². The molecule has 0 spiro atoms. The molecule has 0 rings (SSSR count). The number of ether oxygens (including phenoxy) is 3. The molecule has 0 saturated heterocycles. The van der Waals surface area contributed by atoms with Crippen LogP contribution in [-0.4, -0.2) is 66.5 Å². The minimum absolute atomic E-state index is 0.0807. The molecule has 0 radical (unpaired) electrons. The summed E-state index contributed by atoms with van der Waals surface area (Å²) in [4.78, 5) is 48.5. The maximum Gasteiger partial charge on any atom is 0.472 e. The van der Waals surface area contributed by atoms with Gasteiger partial charge in [-0.15, -0.1) is 0 Å². The first-order valence-electron chi connectivity index (χ1n) is 28.8. The number of hydrogen-bond donors (Lipinski definition) is 2. The summed E-state index contributed by atoms with van der Waals surface area (Å²) in [6.07, 6.45) is 66.3. The highest BCUT2D eigenvalue weighted by Crippen LogP contribution is 2.43. The topological polar surface area (TPSA) is 155 Å². The zero-order valence-corrected chi connectivity index (χ0v) is 47.4. The molecular weight excluding hydrogens is 952 g/mol. The molecule has 0 amide bonds. The van der Waals surface area contributed by atoms with Crippen molar-refractivity contribution in [3.63, 3.8) is 0 Å². The number of aliphatic hydroxyl groups excluding tert-OH is 1. The second-order valence-corrected chi connectivity index (χ2v) is 20.2. The van der Waals surface area contributed by atoms with Gasteiger partial charge in [0.15, 0.2) is 6.10 Å². The third-order valence-corrected chi connectivity index (χ3v) is 12.6. The van der Waals surface area contributed by atoms with Crippen LogP contribution < -0.4 is 0 Å². The Labute approximate surface area is 450 Å². The van der Waals surface area contributed by atoms with E-state index >= 15 is 0 Å². The zero-order chi connectivity index (χ0) is 54.1. The first-order valence-corrected chi connectivity index (χ1v) is 30.3. The van der Waals surface area contributed by atoms with Crippen molar-refractivity contribution in [3.8, 4) is 0 Å². The smallest absolute Gasteiger partial charge is 0.462 e. The van der Waals surface area contributed by atoms with Gasteiger partial charge < -0.3 is 24.2 Å². The van der Waals surface area contributed by atoms with Crippen molar-refractivity contribution in [1.82, 2.24) is 0 Å². The molecule has 0 saturated carbocycles. The molecule has 3 unspecified atom stereocenters. The third-order valence-electron chi connectivity index (χ3n) is 11.6. The van der Waals surface area contributed by atoms with Crippen LogP contribution in [0.1, 0.15) is 226 Å². The minimum atomic E-state index is -4.77. The van der Waals surface area contributed by atoms with Crippen LogP contribution in [0.2, 0.25) is 0 Å². The molecule has 11 nitrogen and oxygen atoms in total. The molecule has 0 heterocycles. The number of esters is 3. The Hall–Kier alpha value is -3.86. The second-order valence-electron chi connectivity index (χ2n) is 18.7. The summed E-state index contributed by atoms with van der Waals surface area (Å²) in [5, 5.41) is 9.79. The average Bonchev–Trinajstić information content (AvgIpc) is 3.39. The van der Waals surface area contributed by atoms with E-state index in [1.807, 2.05) is 12.2 Å². The van der Waals surface area contributed by atoms with Gasteiger partial charge in [0, 0.05) is 19.3 Å². The summed E-state index contributed by atoms with van der Waals surface area (Å²) in [5.41, 5.74) is 0. The predicted molar refractivity (Wildman–Crippen MR) is 307 cm³/mol. The highest BCUT2D eigenvalue weighted by Gasteiger charge is 2.28. The Kier molecular flexibility index (Phi) is 52.5. The number of phosphoric acid groups is 1. The average molecular weight is 1060 g/mol. The molecule has 0 aromatic carbocycles. The quantitative estimate of drug-likeness (QED) is 0.0197. The molecule has 12 heteroatoms. The number of phosphoric ester groups is 1. The molecule has 0 aromatic heterocycles. The molecule has 0 aliphatic carbocycles. The normalized spacial score (nSPS) is 14.2. The van der Waals surface area contributed by atoms with Gasteiger partial charge in [-0.25, -0.2) is 4.57 Å². The van der Waals surface area contributed by atoms with Crippen LogP contribution in [0, 0.1) is 0 Å². The van der Waals surface area contributed by atoms with Crippen LogP contribution in [0.25, 0.3) is 0 Å². The van der Waals surface area contributed by atoms with E-state index in [9.17, 15) is 28.9 Å². The molecule has 0 fully saturated rings. The van der Waals surface area contributed by atoms with Gasteiger partial charge in [-0.1, -0.05) is 201 Å². The number of carbonyl (C=O) groups excluding carboxylic acids is 3. The van der Waals surface area contributed by atoms with E-state index in [4.69, 9.17) is 23.3 Å². The van der Waals surface area contributed by atoms with Crippen LogP contribution in [-0.2, 0) is 42.2 Å². The van der Waals surface area contributed by atoms with Crippen molar-refractivity contribution in [2.24, 2.45) is 0 Å². The summed E-state index contributed by atoms with van der Waals surface area (Å²) in [6.45, 7) is 4.36. The van der Waals surface area contributed by atoms with Gasteiger partial charge in [0.2, 0.25) is 0 Å². The van der Waals surface area contributed by atoms with Gasteiger partial charge in [-0.05, 0) is 116 Å². The van der Waals surface area contributed by atoms with Gasteiger partial charge in [0.1, 0.15) is 12.7 Å². The number of allylic oxidation sites excluding steroid dienone is 18. The Bertz CT molecular complexity index is 1660. The lowest BCUT2D eigenvalue weighted by Gasteiger charge is -2.21. The van der Waals surface area contributed by atoms with Gasteiger partial charge in [0.05, 0.1) is 19.8 Å². The highest BCUT2D eigenvalue weighted by molar-refractivity contribution is 7.47. The largest absolute Gasteiger partial charge is 0.472 e. The minimum Gasteiger partial charge on any atom is -0.462 e. The predicted octanol–water partition coefficient (Wildman–Crippen LogP) is 17.0. The number of hydrogen-bond acceptors (Lipinski definition) is 10. The van der Waals surface area contributed by atoms with Crippen molar-refractivity contribution >= 4 is 25.7 Å². The summed E-state index contributed by atoms with van der Waals surface area (Å²) in [7, 11) is -4.77. The van der Waals surface area contributed by atoms with Gasteiger partial charge >= 0.3 is 25.7 Å². The molecular formula is C62H103O11P. The number of carbonyl (C=O) groups is 3. The maximum atomic E-state index is 12.9. The van der Waals surface area contributed by atoms with E-state index in [0.717, 1.165) is 122 Å². The lowest BCUT2D eigenvalue weighted by atomic mass is 10.1. The Morgan fingerprint density at radius 3 is 1.19 bits per heavy atom. The summed E-state index contributed by atoms with van der Waals surface area (Å²) < 4.78 is 39.4. The highest BCUT2D eigenvalue weighted by atomic mass is 31.2. The number of unbranched alkanes of at least 4 members (excludes halogenated alkanes) is 17. The molecule has 0 aliphatic heterocycles. The zero-order valence-electron chi connectivity index (χ0n) is 46.5. The number of aliphatic hydroxyl groups is 1. The monoisotopic (exact) mass is 1050 g/mol. The van der Waals surface area contributed by atoms with Crippen molar-refractivity contribution in [3.05, 3.63) is 109 Å². The van der Waals surface area contributed by atoms with E-state index in [0.29, 0.717) is 25.7 Å². The molecule has 0 aromatic rings. The lowest BCUT2D eigenvalue weighted by molar-refractivity contribution is -0.161. The van der Waals surface area contributed by atoms with Crippen molar-refractivity contribution < 1.29 is 52.2 Å². The van der Waals surface area contributed by atoms with Crippen LogP contribution in [0.15, 0.2) is 109 Å². The Morgan fingerprint density at radius 2 is 0.730 bits per heavy atom. The Balaban J connectivity index is 4.85. The molecule has 74 heavy (non-hydrogen) atoms. The second kappa shape index (κ2) is 55.4. The van der Waals surface area contributed by atoms with E-state index in [2.05, 4.69) is 118 Å². The summed E-state index contributed by atoms with van der Waals surface area (Å²) in [5.74, 6) is -1.57. The van der Waals surface area contributed by atoms with E-state index in [1.165, 1.54) is 38.5 Å². The lowest BCUT2D eigenvalue weighted by Crippen LogP contribution is -2.30. The Morgan fingerprint density at radius 1 is 0.392 bits per heavy atom. The van der Waals surface area contributed by atoms with E-state index in [-0.39, 0.29) is 25.9 Å². The van der Waals surface area contributed by atoms with Crippen LogP contribution in [0.5, 0.6) is 0 Å². The van der Waals surface area contributed by atoms with Crippen LogP contribution >= 0.6 is 7.82 Å². The first-order chi connectivity index (χ1) is 36.2. The van der Waals surface area contributed by atoms with Crippen LogP contribution in [0.4, 0.5) is 0 Å². The van der Waals surface area contributed by atoms with Crippen molar-refractivity contribution in [2.75, 3.05) is 26.4 Å². The van der Waals surface area contributed by atoms with Gasteiger partial charge in [-0.3, -0.25) is 23.4 Å². The summed E-state index contributed by atoms with van der Waals surface area (Å²) in [6, 6.07) is 0. The third kappa shape index (κ3) is 53.0. The van der Waals surface area contributed by atoms with E-state index in [1.54, 1.807) is 0 Å². The fraction of sp³-hybridized carbons (Fsp3) is 0.661. The molecule has 3 atom stereocenters. The molecule has 2 N–H and O–H groups in total. The van der Waals surface area contributed by atoms with Crippen LogP contribution in [0.3, 0.4) is 0 Å².